The average Bonchev–Trinajstić information content (AvgIpc) is 3.31. The zero-order chi connectivity index (χ0) is 16.8. The Morgan fingerprint density at radius 1 is 1.24 bits per heavy atom. The molecule has 0 spiro atoms. The van der Waals surface area contributed by atoms with Gasteiger partial charge in [-0.1, -0.05) is 5.16 Å². The van der Waals surface area contributed by atoms with E-state index in [1.807, 2.05) is 24.3 Å². The van der Waals surface area contributed by atoms with Crippen LogP contribution in [-0.4, -0.2) is 41.3 Å². The van der Waals surface area contributed by atoms with Crippen molar-refractivity contribution in [2.75, 3.05) is 31.1 Å². The van der Waals surface area contributed by atoms with Crippen LogP contribution < -0.4 is 9.80 Å². The molecule has 2 aliphatic rings. The van der Waals surface area contributed by atoms with E-state index in [9.17, 15) is 0 Å². The molecule has 1 aliphatic carbocycles. The lowest BCUT2D eigenvalue weighted by molar-refractivity contribution is -0.914. The van der Waals surface area contributed by atoms with Gasteiger partial charge in [0.05, 0.1) is 31.6 Å². The second kappa shape index (κ2) is 6.07. The number of rotatable bonds is 3. The van der Waals surface area contributed by atoms with Gasteiger partial charge in [-0.25, -0.2) is 9.97 Å². The first-order chi connectivity index (χ1) is 12.3. The van der Waals surface area contributed by atoms with E-state index in [2.05, 4.69) is 20.0 Å². The van der Waals surface area contributed by atoms with Crippen LogP contribution in [0.4, 0.5) is 5.82 Å². The molecule has 0 unspecified atom stereocenters. The first kappa shape index (κ1) is 15.3. The Hall–Kier alpha value is -1.99. The number of hydrogen-bond donors (Lipinski definition) is 1. The number of quaternary nitrogens is 1. The average molecular weight is 356 g/mol. The van der Waals surface area contributed by atoms with E-state index in [0.717, 1.165) is 50.0 Å². The summed E-state index contributed by atoms with van der Waals surface area (Å²) in [5.74, 6) is 2.04. The number of anilines is 1. The van der Waals surface area contributed by atoms with Gasteiger partial charge in [0.1, 0.15) is 35.0 Å². The number of hydrogen-bond acceptors (Lipinski definition) is 6. The minimum atomic E-state index is 0.891. The maximum atomic E-state index is 5.19. The zero-order valence-electron chi connectivity index (χ0n) is 14.4. The van der Waals surface area contributed by atoms with Crippen molar-refractivity contribution in [3.8, 4) is 0 Å². The Kier molecular flexibility index (Phi) is 3.71. The maximum Gasteiger partial charge on any atom is 0.141 e. The number of nitrogens with one attached hydrogen (secondary N) is 1. The van der Waals surface area contributed by atoms with Crippen LogP contribution in [0.2, 0.25) is 0 Å². The highest BCUT2D eigenvalue weighted by Crippen LogP contribution is 2.40. The summed E-state index contributed by atoms with van der Waals surface area (Å²) in [7, 11) is 0. The van der Waals surface area contributed by atoms with Crippen molar-refractivity contribution in [1.82, 2.24) is 15.1 Å². The molecule has 5 rings (SSSR count). The molecule has 1 fully saturated rings. The van der Waals surface area contributed by atoms with Crippen molar-refractivity contribution in [1.29, 1.82) is 0 Å². The standard InChI is InChI=1S/C18H21N5OS/c1-12-9-13(21-24-12)10-22-5-7-23(8-6-22)17-16-14-3-2-4-15(14)25-18(16)20-11-19-17/h9,11H,2-8,10H2,1H3/p+1. The molecular formula is C18H22N5OS+. The predicted octanol–water partition coefficient (Wildman–Crippen LogP) is 1.38. The Bertz CT molecular complexity index is 909. The smallest absolute Gasteiger partial charge is 0.141 e. The van der Waals surface area contributed by atoms with E-state index in [4.69, 9.17) is 4.52 Å². The van der Waals surface area contributed by atoms with Gasteiger partial charge < -0.3 is 14.3 Å². The highest BCUT2D eigenvalue weighted by atomic mass is 32.1. The monoisotopic (exact) mass is 356 g/mol. The van der Waals surface area contributed by atoms with Gasteiger partial charge in [0.15, 0.2) is 0 Å². The highest BCUT2D eigenvalue weighted by Gasteiger charge is 2.27. The number of aryl methyl sites for hydroxylation is 3. The fourth-order valence-electron chi connectivity index (χ4n) is 4.12. The first-order valence-corrected chi connectivity index (χ1v) is 9.85. The number of fused-ring (bicyclic) bond motifs is 3. The van der Waals surface area contributed by atoms with Gasteiger partial charge in [-0.15, -0.1) is 11.3 Å². The second-order valence-corrected chi connectivity index (χ2v) is 8.16. The molecule has 130 valence electrons. The van der Waals surface area contributed by atoms with Gasteiger partial charge in [-0.3, -0.25) is 0 Å². The minimum Gasteiger partial charge on any atom is -0.361 e. The summed E-state index contributed by atoms with van der Waals surface area (Å²) in [5, 5.41) is 5.46. The van der Waals surface area contributed by atoms with Crippen LogP contribution in [0.3, 0.4) is 0 Å². The molecule has 3 aromatic heterocycles. The summed E-state index contributed by atoms with van der Waals surface area (Å²) >= 11 is 1.87. The lowest BCUT2D eigenvalue weighted by Gasteiger charge is -2.32. The molecule has 0 amide bonds. The molecule has 25 heavy (non-hydrogen) atoms. The quantitative estimate of drug-likeness (QED) is 0.768. The Balaban J connectivity index is 1.35. The maximum absolute atomic E-state index is 5.19. The Morgan fingerprint density at radius 2 is 2.12 bits per heavy atom. The van der Waals surface area contributed by atoms with Crippen LogP contribution in [0.1, 0.15) is 28.3 Å². The summed E-state index contributed by atoms with van der Waals surface area (Å²) in [4.78, 5) is 15.9. The molecule has 0 saturated carbocycles. The summed E-state index contributed by atoms with van der Waals surface area (Å²) in [5.41, 5.74) is 2.57. The fourth-order valence-corrected chi connectivity index (χ4v) is 5.34. The summed E-state index contributed by atoms with van der Waals surface area (Å²) in [6.45, 7) is 7.15. The largest absolute Gasteiger partial charge is 0.361 e. The molecule has 3 aromatic rings. The molecule has 1 N–H and O–H groups in total. The number of nitrogens with zero attached hydrogens (tertiary/aromatic N) is 4. The van der Waals surface area contributed by atoms with Crippen molar-refractivity contribution in [2.24, 2.45) is 0 Å². The molecule has 0 bridgehead atoms. The molecule has 6 nitrogen and oxygen atoms in total. The van der Waals surface area contributed by atoms with Crippen molar-refractivity contribution in [3.05, 3.63) is 34.3 Å². The van der Waals surface area contributed by atoms with Crippen molar-refractivity contribution < 1.29 is 9.42 Å². The van der Waals surface area contributed by atoms with E-state index in [-0.39, 0.29) is 0 Å². The van der Waals surface area contributed by atoms with Gasteiger partial charge in [-0.05, 0) is 31.7 Å². The van der Waals surface area contributed by atoms with Crippen molar-refractivity contribution in [3.63, 3.8) is 0 Å². The third kappa shape index (κ3) is 2.71. The molecule has 0 radical (unpaired) electrons. The lowest BCUT2D eigenvalue weighted by Crippen LogP contribution is -3.13. The predicted molar refractivity (Wildman–Crippen MR) is 97.3 cm³/mol. The summed E-state index contributed by atoms with van der Waals surface area (Å²) in [6.07, 6.45) is 5.42. The molecular weight excluding hydrogens is 334 g/mol. The van der Waals surface area contributed by atoms with Gasteiger partial charge in [-0.2, -0.15) is 0 Å². The van der Waals surface area contributed by atoms with Crippen LogP contribution in [0.5, 0.6) is 0 Å². The van der Waals surface area contributed by atoms with Crippen LogP contribution in [0.15, 0.2) is 16.9 Å². The summed E-state index contributed by atoms with van der Waals surface area (Å²) in [6, 6.07) is 2.04. The SMILES string of the molecule is Cc1cc(C[NH+]2CCN(c3ncnc4sc5c(c34)CCC5)CC2)no1. The number of aromatic nitrogens is 3. The third-order valence-corrected chi connectivity index (χ3v) is 6.56. The topological polar surface area (TPSA) is 59.5 Å². The van der Waals surface area contributed by atoms with Crippen molar-refractivity contribution in [2.45, 2.75) is 32.7 Å². The third-order valence-electron chi connectivity index (χ3n) is 5.36. The van der Waals surface area contributed by atoms with E-state index in [1.165, 1.54) is 39.9 Å². The Morgan fingerprint density at radius 3 is 2.92 bits per heavy atom. The van der Waals surface area contributed by atoms with Crippen LogP contribution in [-0.2, 0) is 19.4 Å². The number of piperazine rings is 1. The fraction of sp³-hybridized carbons (Fsp3) is 0.500. The van der Waals surface area contributed by atoms with E-state index >= 15 is 0 Å². The van der Waals surface area contributed by atoms with Crippen LogP contribution in [0, 0.1) is 6.92 Å². The van der Waals surface area contributed by atoms with Crippen LogP contribution in [0.25, 0.3) is 10.2 Å². The minimum absolute atomic E-state index is 0.891. The van der Waals surface area contributed by atoms with Gasteiger partial charge in [0.2, 0.25) is 0 Å². The van der Waals surface area contributed by atoms with E-state index in [0.29, 0.717) is 0 Å². The first-order valence-electron chi connectivity index (χ1n) is 9.04. The van der Waals surface area contributed by atoms with E-state index in [1.54, 1.807) is 11.2 Å². The second-order valence-electron chi connectivity index (χ2n) is 7.08. The molecule has 7 heteroatoms. The Labute approximate surface area is 150 Å². The normalized spacial score (nSPS) is 18.2. The highest BCUT2D eigenvalue weighted by molar-refractivity contribution is 7.19. The summed E-state index contributed by atoms with van der Waals surface area (Å²) < 4.78 is 5.19. The van der Waals surface area contributed by atoms with Gasteiger partial charge >= 0.3 is 0 Å². The number of thiophene rings is 1. The van der Waals surface area contributed by atoms with Gasteiger partial charge in [0.25, 0.3) is 0 Å². The van der Waals surface area contributed by atoms with Crippen LogP contribution >= 0.6 is 11.3 Å². The molecule has 0 atom stereocenters. The zero-order valence-corrected chi connectivity index (χ0v) is 15.2. The molecule has 1 saturated heterocycles. The van der Waals surface area contributed by atoms with Crippen molar-refractivity contribution >= 4 is 27.4 Å². The molecule has 0 aromatic carbocycles. The molecule has 4 heterocycles. The molecule has 1 aliphatic heterocycles. The van der Waals surface area contributed by atoms with E-state index < -0.39 is 0 Å². The van der Waals surface area contributed by atoms with Gasteiger partial charge in [0, 0.05) is 10.9 Å². The lowest BCUT2D eigenvalue weighted by atomic mass is 10.1.